The molecule has 0 radical (unpaired) electrons. The first-order chi connectivity index (χ1) is 13.4. The van der Waals surface area contributed by atoms with Crippen molar-refractivity contribution >= 4 is 29.3 Å². The van der Waals surface area contributed by atoms with Gasteiger partial charge >= 0.3 is 0 Å². The number of carbonyl (C=O) groups is 4. The number of amides is 4. The summed E-state index contributed by atoms with van der Waals surface area (Å²) >= 11 is 0. The van der Waals surface area contributed by atoms with Crippen molar-refractivity contribution in [2.24, 2.45) is 5.92 Å². The van der Waals surface area contributed by atoms with Crippen molar-refractivity contribution < 1.29 is 19.2 Å². The molecule has 0 saturated carbocycles. The van der Waals surface area contributed by atoms with Crippen molar-refractivity contribution in [2.75, 3.05) is 11.9 Å². The summed E-state index contributed by atoms with van der Waals surface area (Å²) in [5, 5.41) is 4.98. The van der Waals surface area contributed by atoms with Crippen LogP contribution < -0.4 is 10.6 Å². The highest BCUT2D eigenvalue weighted by atomic mass is 16.2. The van der Waals surface area contributed by atoms with E-state index in [0.29, 0.717) is 17.8 Å². The average Bonchev–Trinajstić information content (AvgIpc) is 3.22. The van der Waals surface area contributed by atoms with E-state index in [0.717, 1.165) is 5.56 Å². The molecule has 1 fully saturated rings. The number of benzene rings is 2. The number of hydrogen-bond donors (Lipinski definition) is 2. The molecule has 7 nitrogen and oxygen atoms in total. The highest BCUT2D eigenvalue weighted by Gasteiger charge is 2.37. The number of anilines is 1. The third-order valence-corrected chi connectivity index (χ3v) is 5.28. The number of nitrogens with one attached hydrogen (secondary N) is 2. The zero-order valence-corrected chi connectivity index (χ0v) is 15.3. The topological polar surface area (TPSA) is 95.6 Å². The van der Waals surface area contributed by atoms with Crippen LogP contribution in [0, 0.1) is 5.92 Å². The van der Waals surface area contributed by atoms with E-state index >= 15 is 0 Å². The smallest absolute Gasteiger partial charge is 0.259 e. The lowest BCUT2D eigenvalue weighted by molar-refractivity contribution is -0.129. The largest absolute Gasteiger partial charge is 0.335 e. The molecule has 2 unspecified atom stereocenters. The molecule has 0 spiro atoms. The van der Waals surface area contributed by atoms with Crippen LogP contribution in [-0.2, 0) is 9.59 Å². The molecule has 2 heterocycles. The lowest BCUT2D eigenvalue weighted by Crippen LogP contribution is -2.30. The summed E-state index contributed by atoms with van der Waals surface area (Å²) in [6, 6.07) is 14.1. The number of fused-ring (bicyclic) bond motifs is 1. The molecule has 7 heteroatoms. The van der Waals surface area contributed by atoms with E-state index in [-0.39, 0.29) is 29.8 Å². The maximum absolute atomic E-state index is 12.7. The van der Waals surface area contributed by atoms with Gasteiger partial charge in [0.25, 0.3) is 11.8 Å². The molecule has 2 atom stereocenters. The third kappa shape index (κ3) is 3.15. The molecule has 2 aliphatic rings. The average molecular weight is 377 g/mol. The van der Waals surface area contributed by atoms with Crippen LogP contribution in [0.5, 0.6) is 0 Å². The van der Waals surface area contributed by atoms with Gasteiger partial charge < -0.3 is 10.2 Å². The van der Waals surface area contributed by atoms with Crippen molar-refractivity contribution in [2.45, 2.75) is 19.4 Å². The van der Waals surface area contributed by atoms with Crippen LogP contribution in [-0.4, -0.2) is 35.1 Å². The van der Waals surface area contributed by atoms with Gasteiger partial charge in [0.05, 0.1) is 23.1 Å². The first-order valence-corrected chi connectivity index (χ1v) is 9.09. The van der Waals surface area contributed by atoms with Crippen molar-refractivity contribution in [3.63, 3.8) is 0 Å². The Hall–Kier alpha value is -3.48. The lowest BCUT2D eigenvalue weighted by Gasteiger charge is -2.25. The number of likely N-dealkylation sites (tertiary alicyclic amines) is 1. The lowest BCUT2D eigenvalue weighted by atomic mass is 10.1. The monoisotopic (exact) mass is 377 g/mol. The molecule has 142 valence electrons. The van der Waals surface area contributed by atoms with E-state index in [1.807, 2.05) is 37.3 Å². The van der Waals surface area contributed by atoms with E-state index in [9.17, 15) is 19.2 Å². The fourth-order valence-corrected chi connectivity index (χ4v) is 3.68. The second kappa shape index (κ2) is 6.92. The predicted molar refractivity (Wildman–Crippen MR) is 102 cm³/mol. The first-order valence-electron chi connectivity index (χ1n) is 9.09. The molecular formula is C21H19N3O4. The molecule has 4 amide bonds. The third-order valence-electron chi connectivity index (χ3n) is 5.28. The van der Waals surface area contributed by atoms with Crippen LogP contribution in [0.1, 0.15) is 45.7 Å². The van der Waals surface area contributed by atoms with Crippen LogP contribution in [0.3, 0.4) is 0 Å². The maximum atomic E-state index is 12.7. The summed E-state index contributed by atoms with van der Waals surface area (Å²) in [4.78, 5) is 50.2. The second-order valence-corrected chi connectivity index (χ2v) is 7.07. The molecule has 1 saturated heterocycles. The Kier molecular flexibility index (Phi) is 4.43. The van der Waals surface area contributed by atoms with Gasteiger partial charge in [0, 0.05) is 18.7 Å². The molecular weight excluding hydrogens is 358 g/mol. The van der Waals surface area contributed by atoms with Gasteiger partial charge in [-0.05, 0) is 30.7 Å². The van der Waals surface area contributed by atoms with Crippen LogP contribution in [0.4, 0.5) is 5.69 Å². The molecule has 4 rings (SSSR count). The van der Waals surface area contributed by atoms with Gasteiger partial charge in [0.15, 0.2) is 0 Å². The normalized spacial score (nSPS) is 19.4. The molecule has 0 aliphatic carbocycles. The van der Waals surface area contributed by atoms with E-state index < -0.39 is 17.7 Å². The molecule has 2 aromatic carbocycles. The quantitative estimate of drug-likeness (QED) is 0.798. The summed E-state index contributed by atoms with van der Waals surface area (Å²) in [6.45, 7) is 2.29. The van der Waals surface area contributed by atoms with Gasteiger partial charge in [-0.1, -0.05) is 30.3 Å². The van der Waals surface area contributed by atoms with Gasteiger partial charge in [-0.15, -0.1) is 0 Å². The van der Waals surface area contributed by atoms with Crippen LogP contribution in [0.15, 0.2) is 48.5 Å². The minimum Gasteiger partial charge on any atom is -0.335 e. The van der Waals surface area contributed by atoms with Gasteiger partial charge in [-0.25, -0.2) is 0 Å². The van der Waals surface area contributed by atoms with Gasteiger partial charge in [-0.3, -0.25) is 24.5 Å². The zero-order chi connectivity index (χ0) is 19.8. The number of hydrogen-bond acceptors (Lipinski definition) is 4. The predicted octanol–water partition coefficient (Wildman–Crippen LogP) is 2.12. The number of carbonyl (C=O) groups excluding carboxylic acids is 4. The van der Waals surface area contributed by atoms with Crippen LogP contribution in [0.25, 0.3) is 0 Å². The van der Waals surface area contributed by atoms with Crippen LogP contribution in [0.2, 0.25) is 0 Å². The summed E-state index contributed by atoms with van der Waals surface area (Å²) < 4.78 is 0. The van der Waals surface area contributed by atoms with E-state index in [1.165, 1.54) is 12.1 Å². The Bertz CT molecular complexity index is 986. The SMILES string of the molecule is CC(c1ccccc1)N1CC(C(=O)Nc2ccc3c(c2)C(=O)NC3=O)CC1=O. The fourth-order valence-electron chi connectivity index (χ4n) is 3.68. The number of imide groups is 1. The first kappa shape index (κ1) is 17.9. The van der Waals surface area contributed by atoms with Gasteiger partial charge in [0.1, 0.15) is 0 Å². The summed E-state index contributed by atoms with van der Waals surface area (Å²) in [7, 11) is 0. The molecule has 0 aromatic heterocycles. The molecule has 2 aliphatic heterocycles. The Morgan fingerprint density at radius 2 is 1.79 bits per heavy atom. The standard InChI is InChI=1S/C21H19N3O4/c1-12(13-5-3-2-4-6-13)24-11-14(9-18(24)25)19(26)22-15-7-8-16-17(10-15)21(28)23-20(16)27/h2-8,10,12,14H,9,11H2,1H3,(H,22,26)(H,23,27,28). The Balaban J connectivity index is 1.45. The van der Waals surface area contributed by atoms with E-state index in [1.54, 1.807) is 11.0 Å². The Morgan fingerprint density at radius 3 is 2.54 bits per heavy atom. The van der Waals surface area contributed by atoms with E-state index in [4.69, 9.17) is 0 Å². The Labute approximate surface area is 161 Å². The van der Waals surface area contributed by atoms with Crippen molar-refractivity contribution in [3.8, 4) is 0 Å². The highest BCUT2D eigenvalue weighted by Crippen LogP contribution is 2.29. The van der Waals surface area contributed by atoms with E-state index in [2.05, 4.69) is 10.6 Å². The molecule has 28 heavy (non-hydrogen) atoms. The van der Waals surface area contributed by atoms with Crippen molar-refractivity contribution in [1.29, 1.82) is 0 Å². The molecule has 2 N–H and O–H groups in total. The maximum Gasteiger partial charge on any atom is 0.259 e. The van der Waals surface area contributed by atoms with Crippen molar-refractivity contribution in [3.05, 3.63) is 65.2 Å². The summed E-state index contributed by atoms with van der Waals surface area (Å²) in [6.07, 6.45) is 0.146. The fraction of sp³-hybridized carbons (Fsp3) is 0.238. The molecule has 0 bridgehead atoms. The minimum atomic E-state index is -0.477. The number of nitrogens with zero attached hydrogens (tertiary/aromatic N) is 1. The highest BCUT2D eigenvalue weighted by molar-refractivity contribution is 6.22. The Morgan fingerprint density at radius 1 is 1.07 bits per heavy atom. The second-order valence-electron chi connectivity index (χ2n) is 7.07. The minimum absolute atomic E-state index is 0.0598. The summed E-state index contributed by atoms with van der Waals surface area (Å²) in [5.41, 5.74) is 1.98. The zero-order valence-electron chi connectivity index (χ0n) is 15.3. The summed E-state index contributed by atoms with van der Waals surface area (Å²) in [5.74, 6) is -1.72. The number of rotatable bonds is 4. The van der Waals surface area contributed by atoms with Crippen molar-refractivity contribution in [1.82, 2.24) is 10.2 Å². The molecule has 2 aromatic rings. The van der Waals surface area contributed by atoms with Crippen LogP contribution >= 0.6 is 0 Å². The van der Waals surface area contributed by atoms with Gasteiger partial charge in [-0.2, -0.15) is 0 Å². The van der Waals surface area contributed by atoms with Gasteiger partial charge in [0.2, 0.25) is 11.8 Å².